The van der Waals surface area contributed by atoms with E-state index in [2.05, 4.69) is 0 Å². The molecule has 0 unspecified atom stereocenters. The van der Waals surface area contributed by atoms with Gasteiger partial charge in [-0.1, -0.05) is 48.1 Å². The van der Waals surface area contributed by atoms with E-state index in [0.29, 0.717) is 16.6 Å². The van der Waals surface area contributed by atoms with Gasteiger partial charge in [0.15, 0.2) is 0 Å². The zero-order chi connectivity index (χ0) is 13.8. The second kappa shape index (κ2) is 6.04. The van der Waals surface area contributed by atoms with Gasteiger partial charge in [0.05, 0.1) is 0 Å². The Kier molecular flexibility index (Phi) is 4.40. The second-order valence-corrected chi connectivity index (χ2v) is 5.14. The van der Waals surface area contributed by atoms with Gasteiger partial charge in [-0.2, -0.15) is 0 Å². The Morgan fingerprint density at radius 1 is 1.21 bits per heavy atom. The van der Waals surface area contributed by atoms with Crippen LogP contribution < -0.4 is 10.5 Å². The highest BCUT2D eigenvalue weighted by atomic mass is 35.5. The Hall–Kier alpha value is -1.58. The molecule has 0 amide bonds. The van der Waals surface area contributed by atoms with Crippen LogP contribution in [0.3, 0.4) is 0 Å². The molecule has 0 heterocycles. The summed E-state index contributed by atoms with van der Waals surface area (Å²) >= 11 is 10.8. The van der Waals surface area contributed by atoms with Gasteiger partial charge in [-0.3, -0.25) is 0 Å². The number of halogens is 1. The van der Waals surface area contributed by atoms with E-state index in [1.165, 1.54) is 0 Å². The summed E-state index contributed by atoms with van der Waals surface area (Å²) in [6.07, 6.45) is 0. The molecule has 4 heteroatoms. The van der Waals surface area contributed by atoms with Gasteiger partial charge in [-0.15, -0.1) is 0 Å². The predicted octanol–water partition coefficient (Wildman–Crippen LogP) is 3.86. The van der Waals surface area contributed by atoms with Crippen LogP contribution in [0.25, 0.3) is 0 Å². The van der Waals surface area contributed by atoms with Gasteiger partial charge >= 0.3 is 0 Å². The number of nitrogens with two attached hydrogens (primary N) is 1. The minimum atomic E-state index is 0.404. The van der Waals surface area contributed by atoms with E-state index >= 15 is 0 Å². The molecule has 2 aromatic carbocycles. The number of aryl methyl sites for hydroxylation is 1. The molecule has 0 spiro atoms. The van der Waals surface area contributed by atoms with Gasteiger partial charge < -0.3 is 10.5 Å². The van der Waals surface area contributed by atoms with Gasteiger partial charge in [0, 0.05) is 10.6 Å². The largest absolute Gasteiger partial charge is 0.489 e. The Balaban J connectivity index is 2.04. The number of thiocarbonyl (C=S) groups is 1. The molecule has 2 rings (SSSR count). The molecule has 98 valence electrons. The van der Waals surface area contributed by atoms with Crippen LogP contribution >= 0.6 is 23.8 Å². The van der Waals surface area contributed by atoms with Crippen molar-refractivity contribution in [1.82, 2.24) is 0 Å². The van der Waals surface area contributed by atoms with Crippen molar-refractivity contribution in [2.75, 3.05) is 0 Å². The fraction of sp³-hybridized carbons (Fsp3) is 0.133. The van der Waals surface area contributed by atoms with Crippen molar-refractivity contribution in [1.29, 1.82) is 0 Å². The minimum absolute atomic E-state index is 0.404. The third-order valence-electron chi connectivity index (χ3n) is 2.77. The molecule has 2 nitrogen and oxygen atoms in total. The average Bonchev–Trinajstić information content (AvgIpc) is 2.38. The van der Waals surface area contributed by atoms with Gasteiger partial charge in [0.25, 0.3) is 0 Å². The molecule has 2 aromatic rings. The lowest BCUT2D eigenvalue weighted by molar-refractivity contribution is 0.304. The van der Waals surface area contributed by atoms with Crippen molar-refractivity contribution in [2.45, 2.75) is 13.5 Å². The zero-order valence-electron chi connectivity index (χ0n) is 10.5. The molecule has 0 aliphatic carbocycles. The molecule has 2 N–H and O–H groups in total. The number of rotatable bonds is 4. The van der Waals surface area contributed by atoms with Crippen molar-refractivity contribution in [3.05, 3.63) is 64.2 Å². The highest BCUT2D eigenvalue weighted by Crippen LogP contribution is 2.22. The maximum Gasteiger partial charge on any atom is 0.122 e. The average molecular weight is 292 g/mol. The summed E-state index contributed by atoms with van der Waals surface area (Å²) < 4.78 is 5.76. The summed E-state index contributed by atoms with van der Waals surface area (Å²) in [5, 5.41) is 0.714. The minimum Gasteiger partial charge on any atom is -0.489 e. The fourth-order valence-corrected chi connectivity index (χ4v) is 2.06. The highest BCUT2D eigenvalue weighted by molar-refractivity contribution is 7.80. The molecule has 19 heavy (non-hydrogen) atoms. The summed E-state index contributed by atoms with van der Waals surface area (Å²) in [5.41, 5.74) is 8.50. The SMILES string of the molecule is Cc1cc(Cl)ccc1OCc1ccc(C(N)=S)cc1. The third kappa shape index (κ3) is 3.69. The number of hydrogen-bond donors (Lipinski definition) is 1. The lowest BCUT2D eigenvalue weighted by Crippen LogP contribution is -2.09. The smallest absolute Gasteiger partial charge is 0.122 e. The van der Waals surface area contributed by atoms with Crippen molar-refractivity contribution in [2.24, 2.45) is 5.73 Å². The number of ether oxygens (including phenoxy) is 1. The van der Waals surface area contributed by atoms with Crippen molar-refractivity contribution < 1.29 is 4.74 Å². The molecular formula is C15H14ClNOS. The van der Waals surface area contributed by atoms with Crippen molar-refractivity contribution in [3.8, 4) is 5.75 Å². The van der Waals surface area contributed by atoms with Gasteiger partial charge in [-0.25, -0.2) is 0 Å². The van der Waals surface area contributed by atoms with E-state index in [4.69, 9.17) is 34.3 Å². The first kappa shape index (κ1) is 13.8. The molecule has 0 radical (unpaired) electrons. The fourth-order valence-electron chi connectivity index (χ4n) is 1.70. The Labute approximate surface area is 123 Å². The quantitative estimate of drug-likeness (QED) is 0.869. The zero-order valence-corrected chi connectivity index (χ0v) is 12.1. The van der Waals surface area contributed by atoms with Crippen LogP contribution in [0.1, 0.15) is 16.7 Å². The maximum atomic E-state index is 5.90. The first-order valence-corrected chi connectivity index (χ1v) is 6.62. The van der Waals surface area contributed by atoms with Crippen LogP contribution in [0.4, 0.5) is 0 Å². The summed E-state index contributed by atoms with van der Waals surface area (Å²) in [6, 6.07) is 13.3. The van der Waals surface area contributed by atoms with Crippen LogP contribution in [0.2, 0.25) is 5.02 Å². The maximum absolute atomic E-state index is 5.90. The van der Waals surface area contributed by atoms with Gasteiger partial charge in [-0.05, 0) is 36.2 Å². The van der Waals surface area contributed by atoms with E-state index in [-0.39, 0.29) is 0 Å². The Morgan fingerprint density at radius 3 is 2.47 bits per heavy atom. The lowest BCUT2D eigenvalue weighted by Gasteiger charge is -2.09. The van der Waals surface area contributed by atoms with E-state index in [1.807, 2.05) is 49.4 Å². The molecule has 0 saturated carbocycles. The third-order valence-corrected chi connectivity index (χ3v) is 3.24. The first-order chi connectivity index (χ1) is 9.06. The molecule has 0 bridgehead atoms. The molecule has 0 aliphatic heterocycles. The van der Waals surface area contributed by atoms with Crippen LogP contribution in [-0.2, 0) is 6.61 Å². The van der Waals surface area contributed by atoms with E-state index in [1.54, 1.807) is 0 Å². The molecule has 0 aliphatic rings. The Bertz CT molecular complexity index is 596. The standard InChI is InChI=1S/C15H14ClNOS/c1-10-8-13(16)6-7-14(10)18-9-11-2-4-12(5-3-11)15(17)19/h2-8H,9H2,1H3,(H2,17,19). The van der Waals surface area contributed by atoms with Crippen LogP contribution in [0.15, 0.2) is 42.5 Å². The number of hydrogen-bond acceptors (Lipinski definition) is 2. The summed E-state index contributed by atoms with van der Waals surface area (Å²) in [5.74, 6) is 0.836. The highest BCUT2D eigenvalue weighted by Gasteiger charge is 2.02. The molecule has 0 aromatic heterocycles. The van der Waals surface area contributed by atoms with E-state index in [9.17, 15) is 0 Å². The Morgan fingerprint density at radius 2 is 1.89 bits per heavy atom. The van der Waals surface area contributed by atoms with Crippen LogP contribution in [0.5, 0.6) is 5.75 Å². The molecule has 0 saturated heterocycles. The normalized spacial score (nSPS) is 10.2. The summed E-state index contributed by atoms with van der Waals surface area (Å²) in [4.78, 5) is 0.404. The first-order valence-electron chi connectivity index (χ1n) is 5.84. The van der Waals surface area contributed by atoms with E-state index in [0.717, 1.165) is 22.4 Å². The van der Waals surface area contributed by atoms with Crippen LogP contribution in [0, 0.1) is 6.92 Å². The lowest BCUT2D eigenvalue weighted by atomic mass is 10.1. The molecule has 0 fully saturated rings. The number of benzene rings is 2. The van der Waals surface area contributed by atoms with Gasteiger partial charge in [0.1, 0.15) is 17.3 Å². The van der Waals surface area contributed by atoms with Crippen molar-refractivity contribution in [3.63, 3.8) is 0 Å². The molecular weight excluding hydrogens is 278 g/mol. The predicted molar refractivity (Wildman–Crippen MR) is 82.9 cm³/mol. The monoisotopic (exact) mass is 291 g/mol. The van der Waals surface area contributed by atoms with Crippen molar-refractivity contribution >= 4 is 28.8 Å². The van der Waals surface area contributed by atoms with Crippen LogP contribution in [-0.4, -0.2) is 4.99 Å². The summed E-state index contributed by atoms with van der Waals surface area (Å²) in [7, 11) is 0. The van der Waals surface area contributed by atoms with E-state index < -0.39 is 0 Å². The second-order valence-electron chi connectivity index (χ2n) is 4.26. The topological polar surface area (TPSA) is 35.2 Å². The molecule has 0 atom stereocenters. The van der Waals surface area contributed by atoms with Gasteiger partial charge in [0.2, 0.25) is 0 Å². The summed E-state index contributed by atoms with van der Waals surface area (Å²) in [6.45, 7) is 2.47.